The van der Waals surface area contributed by atoms with Crippen LogP contribution in [0.15, 0.2) is 18.3 Å². The number of rotatable bonds is 6. The molecule has 0 saturated carbocycles. The summed E-state index contributed by atoms with van der Waals surface area (Å²) in [5.74, 6) is 0.741. The average molecular weight is 251 g/mol. The first-order chi connectivity index (χ1) is 8.52. The van der Waals surface area contributed by atoms with Gasteiger partial charge in [-0.2, -0.15) is 0 Å². The number of carbonyl (C=O) groups is 1. The Balaban J connectivity index is 2.49. The molecule has 1 heterocycles. The average Bonchev–Trinajstić information content (AvgIpc) is 2.31. The van der Waals surface area contributed by atoms with Crippen molar-refractivity contribution in [3.63, 3.8) is 0 Å². The van der Waals surface area contributed by atoms with E-state index in [0.29, 0.717) is 24.6 Å². The molecule has 0 spiro atoms. The molecule has 1 aromatic rings. The molecule has 3 N–H and O–H groups in total. The molecular weight excluding hydrogens is 230 g/mol. The largest absolute Gasteiger partial charge is 0.478 e. The van der Waals surface area contributed by atoms with E-state index in [1.54, 1.807) is 18.3 Å². The zero-order chi connectivity index (χ0) is 13.5. The van der Waals surface area contributed by atoms with Gasteiger partial charge in [0, 0.05) is 18.5 Å². The van der Waals surface area contributed by atoms with Crippen LogP contribution in [0.1, 0.15) is 27.2 Å². The molecule has 18 heavy (non-hydrogen) atoms. The summed E-state index contributed by atoms with van der Waals surface area (Å²) in [6.45, 7) is 6.46. The van der Waals surface area contributed by atoms with Crippen LogP contribution >= 0.6 is 0 Å². The van der Waals surface area contributed by atoms with Crippen molar-refractivity contribution in [3.8, 4) is 5.88 Å². The summed E-state index contributed by atoms with van der Waals surface area (Å²) < 4.78 is 5.22. The molecule has 5 nitrogen and oxygen atoms in total. The van der Waals surface area contributed by atoms with E-state index in [1.807, 2.05) is 20.8 Å². The second-order valence-electron chi connectivity index (χ2n) is 4.48. The van der Waals surface area contributed by atoms with Gasteiger partial charge in [0.25, 0.3) is 0 Å². The Hall–Kier alpha value is -1.62. The molecule has 0 aliphatic heterocycles. The Morgan fingerprint density at radius 2 is 2.22 bits per heavy atom. The molecule has 0 aliphatic rings. The van der Waals surface area contributed by atoms with Gasteiger partial charge in [0.2, 0.25) is 11.8 Å². The summed E-state index contributed by atoms with van der Waals surface area (Å²) in [5, 5.41) is 2.76. The molecule has 0 radical (unpaired) electrons. The summed E-state index contributed by atoms with van der Waals surface area (Å²) in [6, 6.07) is 3.36. The number of nitrogens with zero attached hydrogens (tertiary/aromatic N) is 1. The molecule has 1 rings (SSSR count). The van der Waals surface area contributed by atoms with Gasteiger partial charge in [-0.05, 0) is 18.9 Å². The molecule has 1 aromatic heterocycles. The number of carbonyl (C=O) groups excluding carboxylic acids is 1. The van der Waals surface area contributed by atoms with E-state index in [1.165, 1.54) is 0 Å². The third-order valence-corrected chi connectivity index (χ3v) is 2.59. The molecule has 100 valence electrons. The summed E-state index contributed by atoms with van der Waals surface area (Å²) in [5.41, 5.74) is 6.49. The molecule has 1 unspecified atom stereocenters. The van der Waals surface area contributed by atoms with Gasteiger partial charge in [0.1, 0.15) is 0 Å². The van der Waals surface area contributed by atoms with Crippen LogP contribution in [0.4, 0.5) is 5.69 Å². The van der Waals surface area contributed by atoms with Crippen LogP contribution in [-0.4, -0.2) is 23.5 Å². The van der Waals surface area contributed by atoms with Gasteiger partial charge in [0.15, 0.2) is 0 Å². The second-order valence-corrected chi connectivity index (χ2v) is 4.48. The van der Waals surface area contributed by atoms with Crippen LogP contribution in [-0.2, 0) is 4.79 Å². The fraction of sp³-hybridized carbons (Fsp3) is 0.538. The highest BCUT2D eigenvalue weighted by atomic mass is 16.5. The number of nitrogens with two attached hydrogens (primary N) is 1. The number of anilines is 1. The monoisotopic (exact) mass is 251 g/mol. The highest BCUT2D eigenvalue weighted by molar-refractivity contribution is 5.90. The zero-order valence-corrected chi connectivity index (χ0v) is 11.1. The smallest absolute Gasteiger partial charge is 0.225 e. The first-order valence-electron chi connectivity index (χ1n) is 6.17. The third-order valence-electron chi connectivity index (χ3n) is 2.59. The van der Waals surface area contributed by atoms with Crippen molar-refractivity contribution in [2.45, 2.75) is 33.2 Å². The molecule has 0 fully saturated rings. The van der Waals surface area contributed by atoms with Crippen molar-refractivity contribution >= 4 is 11.6 Å². The molecule has 0 aliphatic carbocycles. The number of hydrogen-bond acceptors (Lipinski definition) is 4. The van der Waals surface area contributed by atoms with Crippen molar-refractivity contribution < 1.29 is 9.53 Å². The van der Waals surface area contributed by atoms with E-state index in [2.05, 4.69) is 10.3 Å². The van der Waals surface area contributed by atoms with Crippen molar-refractivity contribution in [3.05, 3.63) is 18.3 Å². The van der Waals surface area contributed by atoms with Crippen LogP contribution in [0.25, 0.3) is 0 Å². The summed E-state index contributed by atoms with van der Waals surface area (Å²) >= 11 is 0. The molecule has 5 heteroatoms. The maximum Gasteiger partial charge on any atom is 0.225 e. The van der Waals surface area contributed by atoms with Gasteiger partial charge in [0.05, 0.1) is 18.5 Å². The van der Waals surface area contributed by atoms with Gasteiger partial charge in [-0.15, -0.1) is 0 Å². The second kappa shape index (κ2) is 6.96. The van der Waals surface area contributed by atoms with Gasteiger partial charge in [-0.1, -0.05) is 13.8 Å². The van der Waals surface area contributed by atoms with Crippen LogP contribution in [0.3, 0.4) is 0 Å². The lowest BCUT2D eigenvalue weighted by Crippen LogP contribution is -2.31. The Kier molecular flexibility index (Phi) is 5.58. The topological polar surface area (TPSA) is 77.2 Å². The van der Waals surface area contributed by atoms with Gasteiger partial charge < -0.3 is 15.8 Å². The van der Waals surface area contributed by atoms with E-state index in [9.17, 15) is 4.79 Å². The number of ether oxygens (including phenoxy) is 1. The van der Waals surface area contributed by atoms with Gasteiger partial charge >= 0.3 is 0 Å². The fourth-order valence-corrected chi connectivity index (χ4v) is 1.35. The van der Waals surface area contributed by atoms with E-state index in [4.69, 9.17) is 10.5 Å². The van der Waals surface area contributed by atoms with Crippen LogP contribution in [0.2, 0.25) is 0 Å². The highest BCUT2D eigenvalue weighted by Crippen LogP contribution is 2.12. The lowest BCUT2D eigenvalue weighted by molar-refractivity contribution is -0.116. The Morgan fingerprint density at radius 1 is 1.50 bits per heavy atom. The number of pyridine rings is 1. The molecule has 1 atom stereocenters. The quantitative estimate of drug-likeness (QED) is 0.808. The number of nitrogens with one attached hydrogen (secondary N) is 1. The van der Waals surface area contributed by atoms with E-state index in [-0.39, 0.29) is 17.9 Å². The summed E-state index contributed by atoms with van der Waals surface area (Å²) in [6.07, 6.45) is 1.88. The van der Waals surface area contributed by atoms with Gasteiger partial charge in [-0.25, -0.2) is 4.98 Å². The zero-order valence-electron chi connectivity index (χ0n) is 11.1. The Labute approximate surface area is 108 Å². The first-order valence-corrected chi connectivity index (χ1v) is 6.17. The summed E-state index contributed by atoms with van der Waals surface area (Å²) in [7, 11) is 0. The predicted octanol–water partition coefficient (Wildman–Crippen LogP) is 1.79. The lowest BCUT2D eigenvalue weighted by Gasteiger charge is -2.14. The normalized spacial score (nSPS) is 12.3. The minimum atomic E-state index is -0.124. The van der Waals surface area contributed by atoms with Crippen LogP contribution < -0.4 is 15.8 Å². The number of amides is 1. The van der Waals surface area contributed by atoms with Crippen LogP contribution in [0.5, 0.6) is 5.88 Å². The van der Waals surface area contributed by atoms with E-state index < -0.39 is 0 Å². The Bertz CT molecular complexity index is 376. The third kappa shape index (κ3) is 4.71. The molecule has 0 saturated heterocycles. The van der Waals surface area contributed by atoms with Crippen molar-refractivity contribution in [1.82, 2.24) is 4.98 Å². The first kappa shape index (κ1) is 14.4. The minimum Gasteiger partial charge on any atom is -0.478 e. The number of aromatic nitrogens is 1. The Morgan fingerprint density at radius 3 is 2.72 bits per heavy atom. The lowest BCUT2D eigenvalue weighted by atomic mass is 10.0. The van der Waals surface area contributed by atoms with Crippen molar-refractivity contribution in [1.29, 1.82) is 0 Å². The SMILES string of the molecule is CCOc1ccc(NC(=O)CC(N)C(C)C)cn1. The predicted molar refractivity (Wildman–Crippen MR) is 71.5 cm³/mol. The molecule has 0 bridgehead atoms. The standard InChI is InChI=1S/C13H21N3O2/c1-4-18-13-6-5-10(8-15-13)16-12(17)7-11(14)9(2)3/h5-6,8-9,11H,4,7,14H2,1-3H3,(H,16,17). The fourth-order valence-electron chi connectivity index (χ4n) is 1.35. The summed E-state index contributed by atoms with van der Waals surface area (Å²) in [4.78, 5) is 15.8. The van der Waals surface area contributed by atoms with Gasteiger partial charge in [-0.3, -0.25) is 4.79 Å². The molecular formula is C13H21N3O2. The van der Waals surface area contributed by atoms with E-state index >= 15 is 0 Å². The number of hydrogen-bond donors (Lipinski definition) is 2. The van der Waals surface area contributed by atoms with E-state index in [0.717, 1.165) is 0 Å². The maximum atomic E-state index is 11.7. The van der Waals surface area contributed by atoms with Crippen molar-refractivity contribution in [2.24, 2.45) is 11.7 Å². The maximum absolute atomic E-state index is 11.7. The molecule has 0 aromatic carbocycles. The minimum absolute atomic E-state index is 0.0952. The highest BCUT2D eigenvalue weighted by Gasteiger charge is 2.13. The van der Waals surface area contributed by atoms with Crippen LogP contribution in [0, 0.1) is 5.92 Å². The van der Waals surface area contributed by atoms with Crippen molar-refractivity contribution in [2.75, 3.05) is 11.9 Å². The molecule has 1 amide bonds.